The van der Waals surface area contributed by atoms with Crippen molar-refractivity contribution in [1.82, 2.24) is 4.90 Å². The Morgan fingerprint density at radius 3 is 2.31 bits per heavy atom. The van der Waals surface area contributed by atoms with E-state index in [0.29, 0.717) is 23.7 Å². The zero-order chi connectivity index (χ0) is 23.3. The molecule has 2 aliphatic rings. The fourth-order valence-electron chi connectivity index (χ4n) is 4.28. The number of likely N-dealkylation sites (tertiary alicyclic amines) is 1. The highest BCUT2D eigenvalue weighted by Crippen LogP contribution is 2.34. The standard InChI is InChI=1S/C25H34N2O4S/c1-25(2,3)13-12-19-16-20(22(32-19)24(30)31)27(23(29)18-10-6-4-7-11-18)17-21(28)26-14-8-5-9-15-26/h16,18H,4-11,14-15,17H2,1-3H3,(H,30,31). The Bertz CT molecular complexity index is 907. The van der Waals surface area contributed by atoms with Crippen LogP contribution in [0.15, 0.2) is 6.07 Å². The van der Waals surface area contributed by atoms with E-state index in [1.165, 1.54) is 4.90 Å². The summed E-state index contributed by atoms with van der Waals surface area (Å²) in [6.45, 7) is 7.25. The Hall–Kier alpha value is -2.33. The molecule has 2 amide bonds. The molecule has 1 aliphatic carbocycles. The Kier molecular flexibility index (Phi) is 8.00. The third-order valence-electron chi connectivity index (χ3n) is 5.98. The highest BCUT2D eigenvalue weighted by atomic mass is 32.1. The fraction of sp³-hybridized carbons (Fsp3) is 0.640. The van der Waals surface area contributed by atoms with Gasteiger partial charge >= 0.3 is 5.97 Å². The number of nitrogens with zero attached hydrogens (tertiary/aromatic N) is 2. The van der Waals surface area contributed by atoms with E-state index in [4.69, 9.17) is 0 Å². The van der Waals surface area contributed by atoms with Crippen molar-refractivity contribution >= 4 is 34.8 Å². The van der Waals surface area contributed by atoms with Crippen LogP contribution in [-0.2, 0) is 9.59 Å². The Balaban J connectivity index is 1.96. The SMILES string of the molecule is CC(C)(C)C#Cc1cc(N(CC(=O)N2CCCCC2)C(=O)C2CCCCC2)c(C(=O)O)s1. The summed E-state index contributed by atoms with van der Waals surface area (Å²) >= 11 is 1.07. The maximum Gasteiger partial charge on any atom is 0.348 e. The van der Waals surface area contributed by atoms with Gasteiger partial charge in [-0.15, -0.1) is 11.3 Å². The first-order chi connectivity index (χ1) is 15.2. The lowest BCUT2D eigenvalue weighted by Gasteiger charge is -2.32. The highest BCUT2D eigenvalue weighted by Gasteiger charge is 2.33. The van der Waals surface area contributed by atoms with Gasteiger partial charge in [-0.25, -0.2) is 4.79 Å². The molecule has 1 N–H and O–H groups in total. The van der Waals surface area contributed by atoms with Crippen LogP contribution in [0.4, 0.5) is 5.69 Å². The van der Waals surface area contributed by atoms with Crippen molar-refractivity contribution in [3.63, 3.8) is 0 Å². The summed E-state index contributed by atoms with van der Waals surface area (Å²) in [5.41, 5.74) is 0.0803. The minimum Gasteiger partial charge on any atom is -0.477 e. The summed E-state index contributed by atoms with van der Waals surface area (Å²) in [7, 11) is 0. The van der Waals surface area contributed by atoms with Crippen LogP contribution in [0.3, 0.4) is 0 Å². The van der Waals surface area contributed by atoms with Gasteiger partial charge in [0.05, 0.1) is 10.6 Å². The number of carboxylic acids is 1. The molecule has 0 bridgehead atoms. The van der Waals surface area contributed by atoms with Gasteiger partial charge in [0, 0.05) is 24.4 Å². The van der Waals surface area contributed by atoms with E-state index in [2.05, 4.69) is 11.8 Å². The van der Waals surface area contributed by atoms with Crippen LogP contribution in [0, 0.1) is 23.2 Å². The first kappa shape index (κ1) is 24.3. The number of piperidine rings is 1. The van der Waals surface area contributed by atoms with Gasteiger partial charge in [0.25, 0.3) is 0 Å². The summed E-state index contributed by atoms with van der Waals surface area (Å²) in [4.78, 5) is 42.6. The van der Waals surface area contributed by atoms with Gasteiger partial charge in [0.15, 0.2) is 0 Å². The second-order valence-corrected chi connectivity index (χ2v) is 10.9. The number of anilines is 1. The molecule has 2 heterocycles. The monoisotopic (exact) mass is 458 g/mol. The molecule has 1 aromatic heterocycles. The first-order valence-corrected chi connectivity index (χ1v) is 12.5. The summed E-state index contributed by atoms with van der Waals surface area (Å²) < 4.78 is 0. The lowest BCUT2D eigenvalue weighted by atomic mass is 9.88. The topological polar surface area (TPSA) is 77.9 Å². The highest BCUT2D eigenvalue weighted by molar-refractivity contribution is 7.15. The van der Waals surface area contributed by atoms with E-state index in [1.807, 2.05) is 20.8 Å². The molecule has 3 rings (SSSR count). The average molecular weight is 459 g/mol. The van der Waals surface area contributed by atoms with Gasteiger partial charge in [-0.1, -0.05) is 31.1 Å². The van der Waals surface area contributed by atoms with Crippen LogP contribution in [0.1, 0.15) is 86.7 Å². The molecule has 0 aromatic carbocycles. The zero-order valence-corrected chi connectivity index (χ0v) is 20.2. The molecule has 0 spiro atoms. The van der Waals surface area contributed by atoms with Crippen molar-refractivity contribution in [2.24, 2.45) is 11.3 Å². The van der Waals surface area contributed by atoms with Gasteiger partial charge in [0.1, 0.15) is 11.4 Å². The predicted molar refractivity (Wildman–Crippen MR) is 127 cm³/mol. The Labute approximate surface area is 195 Å². The lowest BCUT2D eigenvalue weighted by Crippen LogP contribution is -2.47. The summed E-state index contributed by atoms with van der Waals surface area (Å²) in [5.74, 6) is 4.69. The number of aromatic carboxylic acids is 1. The second kappa shape index (κ2) is 10.5. The molecule has 0 unspecified atom stereocenters. The smallest absolute Gasteiger partial charge is 0.348 e. The molecule has 174 valence electrons. The molecule has 2 fully saturated rings. The van der Waals surface area contributed by atoms with E-state index < -0.39 is 5.97 Å². The summed E-state index contributed by atoms with van der Waals surface area (Å²) in [5, 5.41) is 9.86. The molecule has 7 heteroatoms. The number of thiophene rings is 1. The third-order valence-corrected chi connectivity index (χ3v) is 7.01. The number of carboxylic acid groups (broad SMARTS) is 1. The van der Waals surface area contributed by atoms with Gasteiger partial charge in [-0.05, 0) is 58.9 Å². The maximum atomic E-state index is 13.5. The van der Waals surface area contributed by atoms with Crippen LogP contribution in [0.2, 0.25) is 0 Å². The minimum atomic E-state index is -1.10. The van der Waals surface area contributed by atoms with Gasteiger partial charge in [-0.2, -0.15) is 0 Å². The van der Waals surface area contributed by atoms with Crippen LogP contribution in [0.5, 0.6) is 0 Å². The van der Waals surface area contributed by atoms with Crippen molar-refractivity contribution in [2.75, 3.05) is 24.5 Å². The molecule has 0 atom stereocenters. The lowest BCUT2D eigenvalue weighted by molar-refractivity contribution is -0.133. The molecule has 1 saturated carbocycles. The van der Waals surface area contributed by atoms with E-state index in [9.17, 15) is 19.5 Å². The number of rotatable bonds is 5. The third kappa shape index (κ3) is 6.35. The molecular weight excluding hydrogens is 424 g/mol. The van der Waals surface area contributed by atoms with E-state index in [-0.39, 0.29) is 34.6 Å². The molecule has 0 radical (unpaired) electrons. The van der Waals surface area contributed by atoms with E-state index in [1.54, 1.807) is 11.0 Å². The largest absolute Gasteiger partial charge is 0.477 e. The molecule has 1 aliphatic heterocycles. The quantitative estimate of drug-likeness (QED) is 0.645. The molecule has 32 heavy (non-hydrogen) atoms. The molecule has 1 aromatic rings. The Morgan fingerprint density at radius 2 is 1.72 bits per heavy atom. The van der Waals surface area contributed by atoms with E-state index >= 15 is 0 Å². The fourth-order valence-corrected chi connectivity index (χ4v) is 5.13. The van der Waals surface area contributed by atoms with Crippen molar-refractivity contribution in [3.05, 3.63) is 15.8 Å². The predicted octanol–water partition coefficient (Wildman–Crippen LogP) is 4.77. The Morgan fingerprint density at radius 1 is 1.09 bits per heavy atom. The van der Waals surface area contributed by atoms with E-state index in [0.717, 1.165) is 62.7 Å². The normalized spacial score (nSPS) is 17.4. The molecule has 6 nitrogen and oxygen atoms in total. The van der Waals surface area contributed by atoms with Gasteiger partial charge in [-0.3, -0.25) is 9.59 Å². The van der Waals surface area contributed by atoms with Crippen molar-refractivity contribution in [3.8, 4) is 11.8 Å². The minimum absolute atomic E-state index is 0.0683. The number of amides is 2. The van der Waals surface area contributed by atoms with Crippen LogP contribution in [0.25, 0.3) is 0 Å². The second-order valence-electron chi connectivity index (χ2n) is 9.83. The number of carbonyl (C=O) groups is 3. The number of hydrogen-bond donors (Lipinski definition) is 1. The number of carbonyl (C=O) groups excluding carboxylic acids is 2. The van der Waals surface area contributed by atoms with Crippen LogP contribution < -0.4 is 4.90 Å². The van der Waals surface area contributed by atoms with Crippen LogP contribution >= 0.6 is 11.3 Å². The van der Waals surface area contributed by atoms with Gasteiger partial charge in [0.2, 0.25) is 11.8 Å². The molecule has 1 saturated heterocycles. The molecular formula is C25H34N2O4S. The first-order valence-electron chi connectivity index (χ1n) is 11.6. The zero-order valence-electron chi connectivity index (χ0n) is 19.4. The summed E-state index contributed by atoms with van der Waals surface area (Å²) in [6, 6.07) is 1.68. The summed E-state index contributed by atoms with van der Waals surface area (Å²) in [6.07, 6.45) is 7.71. The maximum absolute atomic E-state index is 13.5. The van der Waals surface area contributed by atoms with Crippen molar-refractivity contribution < 1.29 is 19.5 Å². The van der Waals surface area contributed by atoms with Crippen molar-refractivity contribution in [1.29, 1.82) is 0 Å². The number of hydrogen-bond acceptors (Lipinski definition) is 4. The van der Waals surface area contributed by atoms with Crippen LogP contribution in [-0.4, -0.2) is 47.4 Å². The van der Waals surface area contributed by atoms with Crippen molar-refractivity contribution in [2.45, 2.75) is 72.1 Å². The van der Waals surface area contributed by atoms with Gasteiger partial charge < -0.3 is 14.9 Å². The average Bonchev–Trinajstić information content (AvgIpc) is 3.21.